The summed E-state index contributed by atoms with van der Waals surface area (Å²) in [6.07, 6.45) is 1.98. The molecule has 2 aromatic rings. The van der Waals surface area contributed by atoms with Crippen molar-refractivity contribution in [3.05, 3.63) is 48.5 Å². The first-order valence-electron chi connectivity index (χ1n) is 6.07. The maximum atomic E-state index is 9.99. The molecule has 0 bridgehead atoms. The van der Waals surface area contributed by atoms with Crippen LogP contribution >= 0.6 is 7.92 Å². The number of aromatic hydroxyl groups is 2. The summed E-state index contributed by atoms with van der Waals surface area (Å²) in [5.74, 6) is 0.639. The second-order valence-corrected chi connectivity index (χ2v) is 6.40. The summed E-state index contributed by atoms with van der Waals surface area (Å²) in [6.45, 7) is 2.12. The summed E-state index contributed by atoms with van der Waals surface area (Å²) in [4.78, 5) is 0. The van der Waals surface area contributed by atoms with Gasteiger partial charge in [0.2, 0.25) is 0 Å². The van der Waals surface area contributed by atoms with Gasteiger partial charge in [-0.1, -0.05) is 49.7 Å². The van der Waals surface area contributed by atoms with Gasteiger partial charge in [-0.2, -0.15) is 0 Å². The molecule has 0 amide bonds. The molecule has 3 heteroatoms. The number of phenolic OH excluding ortho intramolecular Hbond substituents is 2. The molecule has 94 valence electrons. The molecule has 0 saturated heterocycles. The molecule has 0 spiro atoms. The molecule has 0 unspecified atom stereocenters. The van der Waals surface area contributed by atoms with Gasteiger partial charge in [0.1, 0.15) is 11.5 Å². The van der Waals surface area contributed by atoms with Crippen molar-refractivity contribution in [3.8, 4) is 11.5 Å². The van der Waals surface area contributed by atoms with Crippen molar-refractivity contribution in [2.75, 3.05) is 6.16 Å². The average molecular weight is 260 g/mol. The minimum atomic E-state index is -0.693. The van der Waals surface area contributed by atoms with Crippen LogP contribution in [0.2, 0.25) is 0 Å². The minimum Gasteiger partial charge on any atom is -0.507 e. The van der Waals surface area contributed by atoms with Crippen molar-refractivity contribution < 1.29 is 10.2 Å². The van der Waals surface area contributed by atoms with Gasteiger partial charge < -0.3 is 10.2 Å². The molecule has 0 saturated carbocycles. The van der Waals surface area contributed by atoms with E-state index in [4.69, 9.17) is 0 Å². The average Bonchev–Trinajstić information content (AvgIpc) is 2.38. The highest BCUT2D eigenvalue weighted by atomic mass is 31.1. The zero-order valence-electron chi connectivity index (χ0n) is 10.4. The van der Waals surface area contributed by atoms with Crippen LogP contribution in [-0.2, 0) is 0 Å². The Morgan fingerprint density at radius 3 is 1.67 bits per heavy atom. The number of hydrogen-bond donors (Lipinski definition) is 2. The first kappa shape index (κ1) is 12.9. The quantitative estimate of drug-likeness (QED) is 0.830. The predicted octanol–water partition coefficient (Wildman–Crippen LogP) is 2.94. The maximum Gasteiger partial charge on any atom is 0.123 e. The number of benzene rings is 2. The maximum absolute atomic E-state index is 9.99. The molecular formula is C15H17O2P. The van der Waals surface area contributed by atoms with E-state index in [2.05, 4.69) is 6.92 Å². The molecule has 2 N–H and O–H groups in total. The molecule has 2 rings (SSSR count). The highest BCUT2D eigenvalue weighted by Gasteiger charge is 2.18. The summed E-state index contributed by atoms with van der Waals surface area (Å²) in [7, 11) is -0.693. The third kappa shape index (κ3) is 2.65. The van der Waals surface area contributed by atoms with E-state index >= 15 is 0 Å². The topological polar surface area (TPSA) is 40.5 Å². The molecule has 0 aromatic heterocycles. The molecule has 0 aliphatic rings. The van der Waals surface area contributed by atoms with Gasteiger partial charge in [-0.15, -0.1) is 0 Å². The van der Waals surface area contributed by atoms with E-state index in [0.29, 0.717) is 11.5 Å². The Balaban J connectivity index is 2.47. The Bertz CT molecular complexity index is 480. The first-order chi connectivity index (χ1) is 8.74. The van der Waals surface area contributed by atoms with Crippen molar-refractivity contribution in [1.29, 1.82) is 0 Å². The van der Waals surface area contributed by atoms with Crippen molar-refractivity contribution >= 4 is 18.5 Å². The number of hydrogen-bond acceptors (Lipinski definition) is 2. The van der Waals surface area contributed by atoms with Crippen molar-refractivity contribution in [1.82, 2.24) is 0 Å². The van der Waals surface area contributed by atoms with Crippen LogP contribution in [0, 0.1) is 0 Å². The Hall–Kier alpha value is -1.53. The summed E-state index contributed by atoms with van der Waals surface area (Å²) < 4.78 is 0. The van der Waals surface area contributed by atoms with Gasteiger partial charge in [0.05, 0.1) is 0 Å². The third-order valence-corrected chi connectivity index (χ3v) is 5.61. The van der Waals surface area contributed by atoms with E-state index in [9.17, 15) is 10.2 Å². The van der Waals surface area contributed by atoms with Gasteiger partial charge in [-0.3, -0.25) is 0 Å². The lowest BCUT2D eigenvalue weighted by molar-refractivity contribution is 0.479. The van der Waals surface area contributed by atoms with Crippen LogP contribution in [0.25, 0.3) is 0 Å². The Labute approximate surface area is 109 Å². The fraction of sp³-hybridized carbons (Fsp3) is 0.200. The van der Waals surface area contributed by atoms with Gasteiger partial charge in [-0.25, -0.2) is 0 Å². The van der Waals surface area contributed by atoms with Crippen LogP contribution in [0.1, 0.15) is 13.3 Å². The van der Waals surface area contributed by atoms with Crippen LogP contribution in [0.5, 0.6) is 11.5 Å². The van der Waals surface area contributed by atoms with Crippen LogP contribution in [0.15, 0.2) is 48.5 Å². The van der Waals surface area contributed by atoms with E-state index < -0.39 is 7.92 Å². The molecule has 2 nitrogen and oxygen atoms in total. The fourth-order valence-electron chi connectivity index (χ4n) is 1.98. The normalized spacial score (nSPS) is 10.8. The SMILES string of the molecule is CCCP(c1ccccc1O)c1ccccc1O. The van der Waals surface area contributed by atoms with Gasteiger partial charge in [0.15, 0.2) is 0 Å². The van der Waals surface area contributed by atoms with E-state index in [1.807, 2.05) is 36.4 Å². The van der Waals surface area contributed by atoms with Crippen molar-refractivity contribution in [2.24, 2.45) is 0 Å². The van der Waals surface area contributed by atoms with Gasteiger partial charge in [0.25, 0.3) is 0 Å². The Kier molecular flexibility index (Phi) is 4.22. The third-order valence-electron chi connectivity index (χ3n) is 2.79. The lowest BCUT2D eigenvalue weighted by atomic mass is 10.3. The minimum absolute atomic E-state index is 0.320. The molecule has 0 heterocycles. The van der Waals surface area contributed by atoms with Gasteiger partial charge >= 0.3 is 0 Å². The summed E-state index contributed by atoms with van der Waals surface area (Å²) in [5, 5.41) is 21.9. The molecule has 0 aliphatic heterocycles. The van der Waals surface area contributed by atoms with Gasteiger partial charge in [0, 0.05) is 10.6 Å². The standard InChI is InChI=1S/C15H17O2P/c1-2-11-18(14-9-5-3-7-12(14)16)15-10-6-4-8-13(15)17/h3-10,16-17H,2,11H2,1H3. The highest BCUT2D eigenvalue weighted by Crippen LogP contribution is 2.39. The number of para-hydroxylation sites is 2. The largest absolute Gasteiger partial charge is 0.507 e. The predicted molar refractivity (Wildman–Crippen MR) is 77.6 cm³/mol. The van der Waals surface area contributed by atoms with Crippen LogP contribution < -0.4 is 10.6 Å². The highest BCUT2D eigenvalue weighted by molar-refractivity contribution is 7.73. The zero-order valence-corrected chi connectivity index (χ0v) is 11.3. The molecule has 2 aromatic carbocycles. The van der Waals surface area contributed by atoms with Crippen molar-refractivity contribution in [3.63, 3.8) is 0 Å². The number of rotatable bonds is 4. The Morgan fingerprint density at radius 2 is 1.28 bits per heavy atom. The zero-order chi connectivity index (χ0) is 13.0. The van der Waals surface area contributed by atoms with E-state index in [1.54, 1.807) is 12.1 Å². The lowest BCUT2D eigenvalue weighted by Gasteiger charge is -2.19. The lowest BCUT2D eigenvalue weighted by Crippen LogP contribution is -2.14. The van der Waals surface area contributed by atoms with Crippen LogP contribution in [-0.4, -0.2) is 16.4 Å². The second-order valence-electron chi connectivity index (χ2n) is 4.13. The fourth-order valence-corrected chi connectivity index (χ4v) is 4.40. The number of phenols is 2. The molecule has 0 atom stereocenters. The molecule has 0 fully saturated rings. The summed E-state index contributed by atoms with van der Waals surface area (Å²) >= 11 is 0. The smallest absolute Gasteiger partial charge is 0.123 e. The van der Waals surface area contributed by atoms with Gasteiger partial charge in [-0.05, 0) is 26.2 Å². The van der Waals surface area contributed by atoms with Crippen molar-refractivity contribution in [2.45, 2.75) is 13.3 Å². The monoisotopic (exact) mass is 260 g/mol. The Morgan fingerprint density at radius 1 is 0.833 bits per heavy atom. The summed E-state index contributed by atoms with van der Waals surface area (Å²) in [5.41, 5.74) is 0. The second kappa shape index (κ2) is 5.88. The first-order valence-corrected chi connectivity index (χ1v) is 7.60. The summed E-state index contributed by atoms with van der Waals surface area (Å²) in [6, 6.07) is 14.8. The van der Waals surface area contributed by atoms with E-state index in [0.717, 1.165) is 23.2 Å². The molecule has 0 aliphatic carbocycles. The molecular weight excluding hydrogens is 243 g/mol. The van der Waals surface area contributed by atoms with Crippen LogP contribution in [0.4, 0.5) is 0 Å². The molecule has 0 radical (unpaired) electrons. The van der Waals surface area contributed by atoms with Crippen LogP contribution in [0.3, 0.4) is 0 Å². The molecule has 18 heavy (non-hydrogen) atoms. The van der Waals surface area contributed by atoms with E-state index in [1.165, 1.54) is 0 Å². The van der Waals surface area contributed by atoms with E-state index in [-0.39, 0.29) is 0 Å².